The lowest BCUT2D eigenvalue weighted by Gasteiger charge is -2.25. The van der Waals surface area contributed by atoms with Gasteiger partial charge in [-0.1, -0.05) is 0 Å². The van der Waals surface area contributed by atoms with Crippen LogP contribution in [0.5, 0.6) is 0 Å². The number of hydrogen-bond donors (Lipinski definition) is 3. The van der Waals surface area contributed by atoms with Gasteiger partial charge in [0.1, 0.15) is 0 Å². The summed E-state index contributed by atoms with van der Waals surface area (Å²) in [6.07, 6.45) is 5.55. The zero-order valence-corrected chi connectivity index (χ0v) is 7.71. The fourth-order valence-electron chi connectivity index (χ4n) is 0.714. The Bertz CT molecular complexity index is 203. The summed E-state index contributed by atoms with van der Waals surface area (Å²) in [7, 11) is 0. The highest BCUT2D eigenvalue weighted by Gasteiger charge is 2.23. The molecule has 0 fully saturated rings. The van der Waals surface area contributed by atoms with Gasteiger partial charge < -0.3 is 15.5 Å². The average molecular weight is 185 g/mol. The molecule has 13 heavy (non-hydrogen) atoms. The van der Waals surface area contributed by atoms with E-state index >= 15 is 0 Å². The first-order valence-electron chi connectivity index (χ1n) is 4.04. The molecule has 0 saturated heterocycles. The number of nitrogens with one attached hydrogen (secondary N) is 1. The molecule has 1 amide bonds. The Morgan fingerprint density at radius 1 is 1.54 bits per heavy atom. The van der Waals surface area contributed by atoms with E-state index in [-0.39, 0.29) is 25.5 Å². The van der Waals surface area contributed by atoms with Gasteiger partial charge in [0.05, 0.1) is 18.8 Å². The molecule has 0 bridgehead atoms. The van der Waals surface area contributed by atoms with Crippen LogP contribution < -0.4 is 5.32 Å². The molecular formula is C9H15NO3. The van der Waals surface area contributed by atoms with Crippen LogP contribution in [0.3, 0.4) is 0 Å². The number of hydrogen-bond acceptors (Lipinski definition) is 3. The summed E-state index contributed by atoms with van der Waals surface area (Å²) in [6, 6.07) is 0. The van der Waals surface area contributed by atoms with Gasteiger partial charge in [-0.15, -0.1) is 12.3 Å². The van der Waals surface area contributed by atoms with Crippen molar-refractivity contribution in [2.45, 2.75) is 25.3 Å². The van der Waals surface area contributed by atoms with Crippen LogP contribution in [0.15, 0.2) is 0 Å². The van der Waals surface area contributed by atoms with Crippen molar-refractivity contribution >= 4 is 5.91 Å². The van der Waals surface area contributed by atoms with E-state index in [2.05, 4.69) is 11.2 Å². The molecule has 0 saturated carbocycles. The molecule has 0 aromatic rings. The van der Waals surface area contributed by atoms with Gasteiger partial charge in [0.25, 0.3) is 0 Å². The number of carbonyl (C=O) groups excluding carboxylic acids is 1. The Morgan fingerprint density at radius 2 is 2.08 bits per heavy atom. The van der Waals surface area contributed by atoms with Gasteiger partial charge in [0.2, 0.25) is 5.91 Å². The largest absolute Gasteiger partial charge is 0.394 e. The molecule has 0 aliphatic rings. The molecule has 4 nitrogen and oxygen atoms in total. The van der Waals surface area contributed by atoms with Gasteiger partial charge in [-0.25, -0.2) is 0 Å². The van der Waals surface area contributed by atoms with Gasteiger partial charge in [-0.05, 0) is 6.92 Å². The normalized spacial score (nSPS) is 10.6. The first kappa shape index (κ1) is 11.9. The standard InChI is InChI=1S/C9H15NO3/c1-3-4-5-8(13)10-9(2,6-11)7-12/h1,11-12H,4-7H2,2H3,(H,10,13). The SMILES string of the molecule is C#CCCC(=O)NC(C)(CO)CO. The van der Waals surface area contributed by atoms with E-state index in [1.165, 1.54) is 0 Å². The Kier molecular flexibility index (Phi) is 5.12. The highest BCUT2D eigenvalue weighted by molar-refractivity contribution is 5.77. The van der Waals surface area contributed by atoms with Crippen molar-refractivity contribution in [2.75, 3.05) is 13.2 Å². The van der Waals surface area contributed by atoms with Gasteiger partial charge in [0.15, 0.2) is 0 Å². The van der Waals surface area contributed by atoms with Crippen molar-refractivity contribution < 1.29 is 15.0 Å². The molecule has 3 N–H and O–H groups in total. The van der Waals surface area contributed by atoms with Crippen molar-refractivity contribution in [2.24, 2.45) is 0 Å². The quantitative estimate of drug-likeness (QED) is 0.494. The maximum absolute atomic E-state index is 11.1. The lowest BCUT2D eigenvalue weighted by atomic mass is 10.1. The Balaban J connectivity index is 3.96. The van der Waals surface area contributed by atoms with Gasteiger partial charge in [0, 0.05) is 12.8 Å². The number of amides is 1. The zero-order chi connectivity index (χ0) is 10.3. The van der Waals surface area contributed by atoms with Crippen LogP contribution in [0.25, 0.3) is 0 Å². The number of rotatable bonds is 5. The average Bonchev–Trinajstić information content (AvgIpc) is 2.14. The van der Waals surface area contributed by atoms with Crippen molar-refractivity contribution in [3.63, 3.8) is 0 Å². The summed E-state index contributed by atoms with van der Waals surface area (Å²) < 4.78 is 0. The lowest BCUT2D eigenvalue weighted by molar-refractivity contribution is -0.123. The van der Waals surface area contributed by atoms with E-state index in [9.17, 15) is 4.79 Å². The van der Waals surface area contributed by atoms with E-state index in [1.54, 1.807) is 6.92 Å². The Labute approximate surface area is 78.0 Å². The summed E-state index contributed by atoms with van der Waals surface area (Å²) >= 11 is 0. The fourth-order valence-corrected chi connectivity index (χ4v) is 0.714. The van der Waals surface area contributed by atoms with Crippen LogP contribution in [0, 0.1) is 12.3 Å². The Morgan fingerprint density at radius 3 is 2.46 bits per heavy atom. The highest BCUT2D eigenvalue weighted by Crippen LogP contribution is 2.01. The first-order valence-corrected chi connectivity index (χ1v) is 4.04. The molecule has 0 aliphatic heterocycles. The second-order valence-corrected chi connectivity index (χ2v) is 3.13. The minimum absolute atomic E-state index is 0.214. The van der Waals surface area contributed by atoms with Crippen molar-refractivity contribution in [1.82, 2.24) is 5.32 Å². The van der Waals surface area contributed by atoms with Crippen LogP contribution in [0.1, 0.15) is 19.8 Å². The van der Waals surface area contributed by atoms with E-state index in [1.807, 2.05) is 0 Å². The molecule has 0 aliphatic carbocycles. The topological polar surface area (TPSA) is 69.6 Å². The molecular weight excluding hydrogens is 170 g/mol. The summed E-state index contributed by atoms with van der Waals surface area (Å²) in [6.45, 7) is 0.956. The minimum atomic E-state index is -0.953. The summed E-state index contributed by atoms with van der Waals surface area (Å²) in [5, 5.41) is 20.2. The third-order valence-electron chi connectivity index (χ3n) is 1.64. The molecule has 0 heterocycles. The summed E-state index contributed by atoms with van der Waals surface area (Å²) in [5.74, 6) is 2.07. The maximum atomic E-state index is 11.1. The van der Waals surface area contributed by atoms with E-state index in [0.29, 0.717) is 6.42 Å². The number of aliphatic hydroxyl groups excluding tert-OH is 2. The maximum Gasteiger partial charge on any atom is 0.221 e. The molecule has 0 spiro atoms. The van der Waals surface area contributed by atoms with E-state index < -0.39 is 5.54 Å². The molecule has 0 unspecified atom stereocenters. The second-order valence-electron chi connectivity index (χ2n) is 3.13. The highest BCUT2D eigenvalue weighted by atomic mass is 16.3. The van der Waals surface area contributed by atoms with Gasteiger partial charge in [-0.2, -0.15) is 0 Å². The number of terminal acetylenes is 1. The fraction of sp³-hybridized carbons (Fsp3) is 0.667. The third-order valence-corrected chi connectivity index (χ3v) is 1.64. The summed E-state index contributed by atoms with van der Waals surface area (Å²) in [5.41, 5.74) is -0.953. The first-order chi connectivity index (χ1) is 6.08. The molecule has 0 radical (unpaired) electrons. The van der Waals surface area contributed by atoms with Crippen LogP contribution in [-0.4, -0.2) is 34.9 Å². The van der Waals surface area contributed by atoms with Gasteiger partial charge >= 0.3 is 0 Å². The third kappa shape index (κ3) is 4.51. The molecule has 0 atom stereocenters. The van der Waals surface area contributed by atoms with Crippen LogP contribution in [0.2, 0.25) is 0 Å². The summed E-state index contributed by atoms with van der Waals surface area (Å²) in [4.78, 5) is 11.1. The molecule has 0 aromatic heterocycles. The van der Waals surface area contributed by atoms with E-state index in [4.69, 9.17) is 16.6 Å². The van der Waals surface area contributed by atoms with Crippen LogP contribution in [0.4, 0.5) is 0 Å². The van der Waals surface area contributed by atoms with Crippen molar-refractivity contribution in [3.8, 4) is 12.3 Å². The lowest BCUT2D eigenvalue weighted by Crippen LogP contribution is -2.51. The minimum Gasteiger partial charge on any atom is -0.394 e. The number of aliphatic hydroxyl groups is 2. The Hall–Kier alpha value is -1.05. The van der Waals surface area contributed by atoms with E-state index in [0.717, 1.165) is 0 Å². The predicted octanol–water partition coefficient (Wildman–Crippen LogP) is -0.741. The molecule has 0 rings (SSSR count). The van der Waals surface area contributed by atoms with Crippen molar-refractivity contribution in [3.05, 3.63) is 0 Å². The van der Waals surface area contributed by atoms with Crippen molar-refractivity contribution in [1.29, 1.82) is 0 Å². The van der Waals surface area contributed by atoms with Gasteiger partial charge in [-0.3, -0.25) is 4.79 Å². The molecule has 74 valence electrons. The molecule has 0 aromatic carbocycles. The van der Waals surface area contributed by atoms with Crippen LogP contribution >= 0.6 is 0 Å². The zero-order valence-electron chi connectivity index (χ0n) is 7.71. The smallest absolute Gasteiger partial charge is 0.221 e. The number of carbonyl (C=O) groups is 1. The molecule has 4 heteroatoms. The van der Waals surface area contributed by atoms with Crippen LogP contribution in [-0.2, 0) is 4.79 Å². The predicted molar refractivity (Wildman–Crippen MR) is 48.8 cm³/mol. The second kappa shape index (κ2) is 5.57. The monoisotopic (exact) mass is 185 g/mol.